The second kappa shape index (κ2) is 6.19. The molecular formula is C18H16N8O. The lowest BCUT2D eigenvalue weighted by Gasteiger charge is -2.08. The summed E-state index contributed by atoms with van der Waals surface area (Å²) in [6, 6.07) is 5.49. The summed E-state index contributed by atoms with van der Waals surface area (Å²) in [6.45, 7) is 7.66. The van der Waals surface area contributed by atoms with Gasteiger partial charge >= 0.3 is 0 Å². The van der Waals surface area contributed by atoms with E-state index in [2.05, 4.69) is 25.2 Å². The first-order chi connectivity index (χ1) is 13.0. The lowest BCUT2D eigenvalue weighted by atomic mass is 9.99. The van der Waals surface area contributed by atoms with Gasteiger partial charge in [-0.2, -0.15) is 10.2 Å². The molecule has 0 aliphatic rings. The van der Waals surface area contributed by atoms with Crippen LogP contribution in [0.15, 0.2) is 35.4 Å². The second-order valence-electron chi connectivity index (χ2n) is 6.11. The van der Waals surface area contributed by atoms with E-state index in [1.165, 1.54) is 4.68 Å². The van der Waals surface area contributed by atoms with E-state index < -0.39 is 0 Å². The first-order valence-electron chi connectivity index (χ1n) is 8.18. The van der Waals surface area contributed by atoms with Crippen molar-refractivity contribution in [2.45, 2.75) is 6.54 Å². The van der Waals surface area contributed by atoms with E-state index >= 15 is 0 Å². The number of nitrogens with one attached hydrogen (secondary N) is 1. The third kappa shape index (κ3) is 2.51. The zero-order chi connectivity index (χ0) is 19.1. The molecule has 134 valence electrons. The molecule has 0 atom stereocenters. The van der Waals surface area contributed by atoms with Crippen LogP contribution >= 0.6 is 0 Å². The first kappa shape index (κ1) is 16.7. The van der Waals surface area contributed by atoms with Crippen LogP contribution in [0.2, 0.25) is 0 Å². The van der Waals surface area contributed by atoms with E-state index in [0.717, 1.165) is 16.8 Å². The van der Waals surface area contributed by atoms with E-state index in [-0.39, 0.29) is 12.1 Å². The molecule has 0 aliphatic carbocycles. The zero-order valence-corrected chi connectivity index (χ0v) is 14.8. The Balaban J connectivity index is 1.99. The molecule has 3 heterocycles. The number of nitrogens with two attached hydrogens (primary N) is 1. The van der Waals surface area contributed by atoms with Crippen LogP contribution in [0.5, 0.6) is 0 Å². The number of aromatic nitrogens is 6. The van der Waals surface area contributed by atoms with Gasteiger partial charge < -0.3 is 10.6 Å². The molecule has 0 aliphatic heterocycles. The quantitative estimate of drug-likeness (QED) is 0.541. The summed E-state index contributed by atoms with van der Waals surface area (Å²) in [5.74, 6) is 0.432. The molecule has 27 heavy (non-hydrogen) atoms. The number of nitrogens with zero attached hydrogens (tertiary/aromatic N) is 6. The molecule has 0 bridgehead atoms. The molecule has 0 spiro atoms. The highest BCUT2D eigenvalue weighted by Gasteiger charge is 2.20. The van der Waals surface area contributed by atoms with Crippen molar-refractivity contribution in [2.75, 3.05) is 0 Å². The van der Waals surface area contributed by atoms with Crippen LogP contribution in [0.1, 0.15) is 5.69 Å². The zero-order valence-electron chi connectivity index (χ0n) is 14.8. The number of H-pyrrole nitrogens is 1. The van der Waals surface area contributed by atoms with E-state index in [1.54, 1.807) is 30.2 Å². The van der Waals surface area contributed by atoms with Gasteiger partial charge in [0.05, 0.1) is 36.2 Å². The Bertz CT molecular complexity index is 1270. The second-order valence-corrected chi connectivity index (χ2v) is 6.11. The molecule has 0 saturated carbocycles. The Labute approximate surface area is 153 Å². The van der Waals surface area contributed by atoms with Gasteiger partial charge in [-0.25, -0.2) is 9.78 Å². The predicted molar refractivity (Wildman–Crippen MR) is 101 cm³/mol. The van der Waals surface area contributed by atoms with Crippen LogP contribution in [0.3, 0.4) is 0 Å². The van der Waals surface area contributed by atoms with Crippen molar-refractivity contribution in [2.24, 2.45) is 19.8 Å². The van der Waals surface area contributed by atoms with Gasteiger partial charge in [0, 0.05) is 30.1 Å². The van der Waals surface area contributed by atoms with Crippen LogP contribution < -0.4 is 11.3 Å². The molecule has 0 unspecified atom stereocenters. The van der Waals surface area contributed by atoms with Gasteiger partial charge in [0.15, 0.2) is 0 Å². The van der Waals surface area contributed by atoms with Crippen LogP contribution in [0.4, 0.5) is 5.82 Å². The molecule has 9 nitrogen and oxygen atoms in total. The SMILES string of the molecule is [C-]#[N+]c1c(-c2c(-c3ccc4c(=O)[nH]nc(CN)c4c3)cnn2C)cnn1C. The van der Waals surface area contributed by atoms with Crippen molar-refractivity contribution in [3.63, 3.8) is 0 Å². The van der Waals surface area contributed by atoms with Gasteiger partial charge in [0.1, 0.15) is 0 Å². The number of hydrogen-bond donors (Lipinski definition) is 2. The van der Waals surface area contributed by atoms with Crippen molar-refractivity contribution in [1.29, 1.82) is 0 Å². The summed E-state index contributed by atoms with van der Waals surface area (Å²) >= 11 is 0. The van der Waals surface area contributed by atoms with E-state index in [1.807, 2.05) is 19.2 Å². The molecule has 9 heteroatoms. The standard InChI is InChI=1S/C18H16N8O/c1-20-17-14(9-22-26(17)3)16-13(8-21-25(16)2)10-4-5-11-12(6-10)15(7-19)23-24-18(11)27/h4-6,8-9H,7,19H2,2-3H3,(H,24,27). The highest BCUT2D eigenvalue weighted by atomic mass is 16.1. The fraction of sp³-hybridized carbons (Fsp3) is 0.167. The van der Waals surface area contributed by atoms with Crippen molar-refractivity contribution in [3.8, 4) is 22.4 Å². The van der Waals surface area contributed by atoms with Gasteiger partial charge in [0.2, 0.25) is 0 Å². The van der Waals surface area contributed by atoms with Crippen molar-refractivity contribution in [3.05, 3.63) is 58.1 Å². The van der Waals surface area contributed by atoms with Crippen LogP contribution in [-0.4, -0.2) is 29.8 Å². The molecule has 3 N–H and O–H groups in total. The molecule has 3 aromatic heterocycles. The largest absolute Gasteiger partial charge is 0.362 e. The molecule has 0 amide bonds. The molecule has 1 aromatic carbocycles. The molecule has 0 saturated heterocycles. The van der Waals surface area contributed by atoms with Crippen LogP contribution in [0, 0.1) is 6.57 Å². The third-order valence-electron chi connectivity index (χ3n) is 4.58. The fourth-order valence-electron chi connectivity index (χ4n) is 3.24. The van der Waals surface area contributed by atoms with E-state index in [0.29, 0.717) is 27.8 Å². The van der Waals surface area contributed by atoms with E-state index in [4.69, 9.17) is 12.3 Å². The van der Waals surface area contributed by atoms with Gasteiger partial charge in [-0.05, 0) is 17.7 Å². The summed E-state index contributed by atoms with van der Waals surface area (Å²) < 4.78 is 3.25. The van der Waals surface area contributed by atoms with Crippen LogP contribution in [0.25, 0.3) is 38.0 Å². The molecular weight excluding hydrogens is 344 g/mol. The Kier molecular flexibility index (Phi) is 3.83. The van der Waals surface area contributed by atoms with Gasteiger partial charge in [0.25, 0.3) is 11.4 Å². The highest BCUT2D eigenvalue weighted by Crippen LogP contribution is 2.37. The average Bonchev–Trinajstić information content (AvgIpc) is 3.23. The van der Waals surface area contributed by atoms with Gasteiger partial charge in [-0.1, -0.05) is 12.6 Å². The maximum atomic E-state index is 12.1. The Morgan fingerprint density at radius 2 is 1.89 bits per heavy atom. The van der Waals surface area contributed by atoms with Crippen molar-refractivity contribution >= 4 is 16.6 Å². The summed E-state index contributed by atoms with van der Waals surface area (Å²) in [4.78, 5) is 15.6. The summed E-state index contributed by atoms with van der Waals surface area (Å²) in [6.07, 6.45) is 3.40. The smallest absolute Gasteiger partial charge is 0.272 e. The van der Waals surface area contributed by atoms with Gasteiger partial charge in [-0.3, -0.25) is 9.48 Å². The summed E-state index contributed by atoms with van der Waals surface area (Å²) in [7, 11) is 3.55. The third-order valence-corrected chi connectivity index (χ3v) is 4.58. The molecule has 0 fully saturated rings. The van der Waals surface area contributed by atoms with Crippen LogP contribution in [-0.2, 0) is 20.6 Å². The molecule has 4 rings (SSSR count). The number of hydrogen-bond acceptors (Lipinski definition) is 5. The van der Waals surface area contributed by atoms with Crippen molar-refractivity contribution in [1.82, 2.24) is 29.8 Å². The highest BCUT2D eigenvalue weighted by molar-refractivity contribution is 5.92. The van der Waals surface area contributed by atoms with E-state index in [9.17, 15) is 4.79 Å². The van der Waals surface area contributed by atoms with Gasteiger partial charge in [-0.15, -0.1) is 5.10 Å². The monoisotopic (exact) mass is 360 g/mol. The minimum Gasteiger partial charge on any atom is -0.362 e. The maximum absolute atomic E-state index is 12.1. The Hall–Kier alpha value is -3.77. The number of aryl methyl sites for hydroxylation is 2. The topological polar surface area (TPSA) is 112 Å². The molecule has 4 aromatic rings. The Morgan fingerprint density at radius 1 is 1.15 bits per heavy atom. The fourth-order valence-corrected chi connectivity index (χ4v) is 3.24. The average molecular weight is 360 g/mol. The normalized spacial score (nSPS) is 11.0. The number of benzene rings is 1. The predicted octanol–water partition coefficient (Wildman–Crippen LogP) is 1.73. The number of fused-ring (bicyclic) bond motifs is 1. The lowest BCUT2D eigenvalue weighted by molar-refractivity contribution is 0.775. The minimum absolute atomic E-state index is 0.209. The maximum Gasteiger partial charge on any atom is 0.272 e. The minimum atomic E-state index is -0.261. The molecule has 0 radical (unpaired) electrons. The lowest BCUT2D eigenvalue weighted by Crippen LogP contribution is -2.13. The first-order valence-corrected chi connectivity index (χ1v) is 8.18. The Morgan fingerprint density at radius 3 is 2.63 bits per heavy atom. The summed E-state index contributed by atoms with van der Waals surface area (Å²) in [5, 5.41) is 16.3. The number of rotatable bonds is 3. The number of aromatic amines is 1. The summed E-state index contributed by atoms with van der Waals surface area (Å²) in [5.41, 5.74) is 9.29. The van der Waals surface area contributed by atoms with Crippen molar-refractivity contribution < 1.29 is 0 Å².